The third-order valence-electron chi connectivity index (χ3n) is 2.82. The Morgan fingerprint density at radius 3 is 2.68 bits per heavy atom. The van der Waals surface area contributed by atoms with E-state index in [-0.39, 0.29) is 6.61 Å². The molecule has 1 aromatic carbocycles. The average Bonchev–Trinajstić information content (AvgIpc) is 2.88. The van der Waals surface area contributed by atoms with Crippen LogP contribution < -0.4 is 4.74 Å². The van der Waals surface area contributed by atoms with Crippen LogP contribution in [0.4, 0.5) is 0 Å². The molecule has 0 aliphatic heterocycles. The first-order valence-corrected chi connectivity index (χ1v) is 6.47. The number of ether oxygens (including phenoxy) is 1. The van der Waals surface area contributed by atoms with Crippen LogP contribution in [0.25, 0.3) is 0 Å². The number of hydrogen-bond acceptors (Lipinski definition) is 4. The van der Waals surface area contributed by atoms with Gasteiger partial charge in [0.1, 0.15) is 11.4 Å². The van der Waals surface area contributed by atoms with Crippen molar-refractivity contribution in [1.82, 2.24) is 15.0 Å². The van der Waals surface area contributed by atoms with E-state index < -0.39 is 0 Å². The molecule has 5 nitrogen and oxygen atoms in total. The van der Waals surface area contributed by atoms with E-state index >= 15 is 0 Å². The summed E-state index contributed by atoms with van der Waals surface area (Å²) in [5.74, 6) is 0.911. The molecule has 0 atom stereocenters. The van der Waals surface area contributed by atoms with Crippen molar-refractivity contribution >= 4 is 0 Å². The minimum Gasteiger partial charge on any atom is -0.494 e. The van der Waals surface area contributed by atoms with Crippen LogP contribution in [0.2, 0.25) is 0 Å². The van der Waals surface area contributed by atoms with E-state index in [1.807, 2.05) is 24.3 Å². The minimum atomic E-state index is -0.0590. The maximum Gasteiger partial charge on any atom is 0.119 e. The molecule has 0 saturated heterocycles. The van der Waals surface area contributed by atoms with Gasteiger partial charge in [0.2, 0.25) is 0 Å². The Bertz CT molecular complexity index is 494. The highest BCUT2D eigenvalue weighted by atomic mass is 16.5. The molecule has 1 heterocycles. The highest BCUT2D eigenvalue weighted by molar-refractivity contribution is 5.26. The van der Waals surface area contributed by atoms with E-state index in [1.165, 1.54) is 5.56 Å². The Labute approximate surface area is 112 Å². The van der Waals surface area contributed by atoms with Crippen LogP contribution in [0.15, 0.2) is 30.5 Å². The second-order valence-corrected chi connectivity index (χ2v) is 4.50. The zero-order valence-corrected chi connectivity index (χ0v) is 11.1. The molecule has 0 spiro atoms. The van der Waals surface area contributed by atoms with Crippen LogP contribution in [0.3, 0.4) is 0 Å². The van der Waals surface area contributed by atoms with Crippen LogP contribution in [0.5, 0.6) is 5.75 Å². The van der Waals surface area contributed by atoms with Gasteiger partial charge in [-0.3, -0.25) is 4.68 Å². The quantitative estimate of drug-likeness (QED) is 0.774. The molecule has 2 aromatic rings. The number of aromatic nitrogens is 3. The lowest BCUT2D eigenvalue weighted by Gasteiger charge is -2.06. The lowest BCUT2D eigenvalue weighted by molar-refractivity contribution is 0.276. The molecule has 1 aromatic heterocycles. The van der Waals surface area contributed by atoms with E-state index in [2.05, 4.69) is 17.2 Å². The second kappa shape index (κ2) is 6.89. The summed E-state index contributed by atoms with van der Waals surface area (Å²) in [5, 5.41) is 16.6. The fourth-order valence-electron chi connectivity index (χ4n) is 1.72. The summed E-state index contributed by atoms with van der Waals surface area (Å²) in [7, 11) is 0. The van der Waals surface area contributed by atoms with E-state index in [4.69, 9.17) is 9.84 Å². The molecule has 0 aliphatic rings. The number of rotatable bonds is 7. The molecular formula is C14H19N3O2. The van der Waals surface area contributed by atoms with Gasteiger partial charge >= 0.3 is 0 Å². The van der Waals surface area contributed by atoms with Gasteiger partial charge in [0, 0.05) is 6.54 Å². The van der Waals surface area contributed by atoms with Crippen molar-refractivity contribution in [3.05, 3.63) is 41.7 Å². The zero-order chi connectivity index (χ0) is 13.5. The largest absolute Gasteiger partial charge is 0.494 e. The summed E-state index contributed by atoms with van der Waals surface area (Å²) in [5.41, 5.74) is 1.84. The van der Waals surface area contributed by atoms with Crippen molar-refractivity contribution in [3.63, 3.8) is 0 Å². The number of aliphatic hydroxyl groups excluding tert-OH is 1. The number of benzene rings is 1. The Balaban J connectivity index is 1.63. The summed E-state index contributed by atoms with van der Waals surface area (Å²) >= 11 is 0. The summed E-state index contributed by atoms with van der Waals surface area (Å²) < 4.78 is 7.39. The van der Waals surface area contributed by atoms with Crippen molar-refractivity contribution < 1.29 is 9.84 Å². The van der Waals surface area contributed by atoms with Gasteiger partial charge in [0.15, 0.2) is 0 Å². The fraction of sp³-hybridized carbons (Fsp3) is 0.429. The predicted molar refractivity (Wildman–Crippen MR) is 71.9 cm³/mol. The summed E-state index contributed by atoms with van der Waals surface area (Å²) in [6.07, 6.45) is 3.70. The molecule has 0 saturated carbocycles. The molecule has 0 aliphatic carbocycles. The summed E-state index contributed by atoms with van der Waals surface area (Å²) in [6, 6.07) is 8.06. The Kier molecular flexibility index (Phi) is 4.92. The Morgan fingerprint density at radius 2 is 2.00 bits per heavy atom. The maximum absolute atomic E-state index is 8.87. The van der Waals surface area contributed by atoms with Crippen molar-refractivity contribution in [3.8, 4) is 5.75 Å². The van der Waals surface area contributed by atoms with Gasteiger partial charge in [-0.15, -0.1) is 5.10 Å². The molecule has 0 fully saturated rings. The van der Waals surface area contributed by atoms with Crippen molar-refractivity contribution in [2.24, 2.45) is 0 Å². The number of aryl methyl sites for hydroxylation is 2. The first kappa shape index (κ1) is 13.5. The van der Waals surface area contributed by atoms with Gasteiger partial charge in [-0.25, -0.2) is 0 Å². The number of unbranched alkanes of at least 4 members (excludes halogenated alkanes) is 1. The topological polar surface area (TPSA) is 60.2 Å². The molecule has 0 unspecified atom stereocenters. The van der Waals surface area contributed by atoms with Crippen LogP contribution in [0.1, 0.15) is 24.1 Å². The van der Waals surface area contributed by atoms with E-state index in [0.717, 1.165) is 25.1 Å². The first-order valence-electron chi connectivity index (χ1n) is 6.47. The first-order chi connectivity index (χ1) is 9.28. The van der Waals surface area contributed by atoms with Crippen LogP contribution in [0, 0.1) is 6.92 Å². The van der Waals surface area contributed by atoms with Crippen molar-refractivity contribution in [2.45, 2.75) is 32.9 Å². The minimum absolute atomic E-state index is 0.0590. The zero-order valence-electron chi connectivity index (χ0n) is 11.1. The van der Waals surface area contributed by atoms with Gasteiger partial charge in [-0.2, -0.15) is 0 Å². The molecule has 0 amide bonds. The number of aliphatic hydroxyl groups is 1. The highest BCUT2D eigenvalue weighted by Crippen LogP contribution is 2.11. The van der Waals surface area contributed by atoms with E-state index in [1.54, 1.807) is 10.9 Å². The van der Waals surface area contributed by atoms with Crippen molar-refractivity contribution in [1.29, 1.82) is 0 Å². The lowest BCUT2D eigenvalue weighted by Crippen LogP contribution is -2.03. The van der Waals surface area contributed by atoms with Crippen LogP contribution >= 0.6 is 0 Å². The predicted octanol–water partition coefficient (Wildman–Crippen LogP) is 1.94. The smallest absolute Gasteiger partial charge is 0.119 e. The Morgan fingerprint density at radius 1 is 1.21 bits per heavy atom. The van der Waals surface area contributed by atoms with Gasteiger partial charge in [0.05, 0.1) is 19.4 Å². The van der Waals surface area contributed by atoms with Gasteiger partial charge in [0.25, 0.3) is 0 Å². The normalized spacial score (nSPS) is 10.6. The molecule has 19 heavy (non-hydrogen) atoms. The van der Waals surface area contributed by atoms with Crippen LogP contribution in [-0.2, 0) is 13.2 Å². The molecule has 5 heteroatoms. The van der Waals surface area contributed by atoms with Gasteiger partial charge in [-0.05, 0) is 31.9 Å². The Hall–Kier alpha value is -1.88. The number of hydrogen-bond donors (Lipinski definition) is 1. The SMILES string of the molecule is Cc1ccc(OCCCCn2cc(CO)nn2)cc1. The van der Waals surface area contributed by atoms with Gasteiger partial charge < -0.3 is 9.84 Å². The van der Waals surface area contributed by atoms with Crippen molar-refractivity contribution in [2.75, 3.05) is 6.61 Å². The summed E-state index contributed by atoms with van der Waals surface area (Å²) in [4.78, 5) is 0. The molecular weight excluding hydrogens is 242 g/mol. The molecule has 0 radical (unpaired) electrons. The van der Waals surface area contributed by atoms with E-state index in [9.17, 15) is 0 Å². The fourth-order valence-corrected chi connectivity index (χ4v) is 1.72. The third kappa shape index (κ3) is 4.37. The third-order valence-corrected chi connectivity index (χ3v) is 2.82. The summed E-state index contributed by atoms with van der Waals surface area (Å²) in [6.45, 7) is 3.49. The lowest BCUT2D eigenvalue weighted by atomic mass is 10.2. The second-order valence-electron chi connectivity index (χ2n) is 4.50. The average molecular weight is 261 g/mol. The molecule has 2 rings (SSSR count). The highest BCUT2D eigenvalue weighted by Gasteiger charge is 1.99. The van der Waals surface area contributed by atoms with Gasteiger partial charge in [-0.1, -0.05) is 22.9 Å². The maximum atomic E-state index is 8.87. The van der Waals surface area contributed by atoms with E-state index in [0.29, 0.717) is 12.3 Å². The monoisotopic (exact) mass is 261 g/mol. The standard InChI is InChI=1S/C14H19N3O2/c1-12-4-6-14(7-5-12)19-9-3-2-8-17-10-13(11-18)15-16-17/h4-7,10,18H,2-3,8-9,11H2,1H3. The van der Waals surface area contributed by atoms with Crippen LogP contribution in [-0.4, -0.2) is 26.7 Å². The molecule has 1 N–H and O–H groups in total. The molecule has 0 bridgehead atoms. The molecule has 102 valence electrons. The number of nitrogens with zero attached hydrogens (tertiary/aromatic N) is 3.